The highest BCUT2D eigenvalue weighted by atomic mass is 16.3. The Hall–Kier alpha value is -1.06. The van der Waals surface area contributed by atoms with Crippen LogP contribution in [0.4, 0.5) is 5.69 Å². The van der Waals surface area contributed by atoms with Crippen molar-refractivity contribution in [3.8, 4) is 0 Å². The number of aliphatic hydroxyl groups is 1. The van der Waals surface area contributed by atoms with Gasteiger partial charge in [-0.25, -0.2) is 0 Å². The molecule has 1 atom stereocenters. The molecule has 0 amide bonds. The average Bonchev–Trinajstić information content (AvgIpc) is 2.46. The lowest BCUT2D eigenvalue weighted by atomic mass is 9.92. The highest BCUT2D eigenvalue weighted by Crippen LogP contribution is 2.27. The molecule has 0 aromatic heterocycles. The second-order valence-electron chi connectivity index (χ2n) is 6.61. The quantitative estimate of drug-likeness (QED) is 0.857. The van der Waals surface area contributed by atoms with Crippen molar-refractivity contribution < 1.29 is 5.11 Å². The standard InChI is InChI=1S/C16H26N2O/c1-12-5-13(2)7-14(6-12)18-11-16(3,4)10-17-8-15(18)9-19/h5-7,15,17,19H,8-11H2,1-4H3. The van der Waals surface area contributed by atoms with Gasteiger partial charge in [0.2, 0.25) is 0 Å². The van der Waals surface area contributed by atoms with Gasteiger partial charge in [0.1, 0.15) is 0 Å². The minimum Gasteiger partial charge on any atom is -0.394 e. The molecule has 3 nitrogen and oxygen atoms in total. The number of aryl methyl sites for hydroxylation is 2. The second kappa shape index (κ2) is 5.51. The summed E-state index contributed by atoms with van der Waals surface area (Å²) in [5.41, 5.74) is 4.00. The van der Waals surface area contributed by atoms with E-state index in [-0.39, 0.29) is 18.1 Å². The average molecular weight is 262 g/mol. The molecule has 0 aliphatic carbocycles. The zero-order valence-electron chi connectivity index (χ0n) is 12.5. The fourth-order valence-electron chi connectivity index (χ4n) is 2.92. The molecule has 1 aromatic rings. The van der Waals surface area contributed by atoms with E-state index in [2.05, 4.69) is 56.1 Å². The van der Waals surface area contributed by atoms with E-state index in [0.717, 1.165) is 19.6 Å². The lowest BCUT2D eigenvalue weighted by Crippen LogP contribution is -2.44. The zero-order valence-corrected chi connectivity index (χ0v) is 12.5. The van der Waals surface area contributed by atoms with Gasteiger partial charge in [0.15, 0.2) is 0 Å². The minimum absolute atomic E-state index is 0.156. The summed E-state index contributed by atoms with van der Waals surface area (Å²) in [7, 11) is 0. The van der Waals surface area contributed by atoms with Crippen LogP contribution < -0.4 is 10.2 Å². The molecule has 1 heterocycles. The smallest absolute Gasteiger partial charge is 0.0647 e. The number of hydrogen-bond acceptors (Lipinski definition) is 3. The first-order chi connectivity index (χ1) is 8.91. The molecule has 1 saturated heterocycles. The van der Waals surface area contributed by atoms with E-state index in [1.54, 1.807) is 0 Å². The fraction of sp³-hybridized carbons (Fsp3) is 0.625. The monoisotopic (exact) mass is 262 g/mol. The fourth-order valence-corrected chi connectivity index (χ4v) is 2.92. The molecule has 1 aliphatic heterocycles. The van der Waals surface area contributed by atoms with Crippen LogP contribution in [0.15, 0.2) is 18.2 Å². The molecule has 0 saturated carbocycles. The molecule has 1 unspecified atom stereocenters. The lowest BCUT2D eigenvalue weighted by molar-refractivity contribution is 0.258. The van der Waals surface area contributed by atoms with Crippen molar-refractivity contribution in [2.45, 2.75) is 33.7 Å². The third-order valence-electron chi connectivity index (χ3n) is 3.77. The summed E-state index contributed by atoms with van der Waals surface area (Å²) < 4.78 is 0. The topological polar surface area (TPSA) is 35.5 Å². The maximum atomic E-state index is 9.67. The Morgan fingerprint density at radius 3 is 2.47 bits per heavy atom. The van der Waals surface area contributed by atoms with Gasteiger partial charge in [0.25, 0.3) is 0 Å². The van der Waals surface area contributed by atoms with E-state index in [0.29, 0.717) is 0 Å². The molecule has 1 fully saturated rings. The summed E-state index contributed by atoms with van der Waals surface area (Å²) >= 11 is 0. The molecule has 3 heteroatoms. The Bertz CT molecular complexity index is 422. The normalized spacial score (nSPS) is 23.2. The highest BCUT2D eigenvalue weighted by molar-refractivity contribution is 5.52. The number of hydrogen-bond donors (Lipinski definition) is 2. The molecule has 106 valence electrons. The first-order valence-electron chi connectivity index (χ1n) is 7.08. The second-order valence-corrected chi connectivity index (χ2v) is 6.61. The number of nitrogens with one attached hydrogen (secondary N) is 1. The van der Waals surface area contributed by atoms with Crippen molar-refractivity contribution in [1.82, 2.24) is 5.32 Å². The van der Waals surface area contributed by atoms with Gasteiger partial charge in [0, 0.05) is 25.3 Å². The summed E-state index contributed by atoms with van der Waals surface area (Å²) in [6, 6.07) is 6.79. The van der Waals surface area contributed by atoms with E-state index in [1.165, 1.54) is 16.8 Å². The van der Waals surface area contributed by atoms with E-state index in [1.807, 2.05) is 0 Å². The number of aliphatic hydroxyl groups excluding tert-OH is 1. The SMILES string of the molecule is Cc1cc(C)cc(N2CC(C)(C)CNCC2CO)c1. The summed E-state index contributed by atoms with van der Waals surface area (Å²) in [6.45, 7) is 11.8. The Morgan fingerprint density at radius 2 is 1.89 bits per heavy atom. The predicted octanol–water partition coefficient (Wildman–Crippen LogP) is 2.10. The van der Waals surface area contributed by atoms with Gasteiger partial charge in [-0.15, -0.1) is 0 Å². The van der Waals surface area contributed by atoms with Crippen LogP contribution in [0, 0.1) is 19.3 Å². The van der Waals surface area contributed by atoms with Gasteiger partial charge in [-0.2, -0.15) is 0 Å². The summed E-state index contributed by atoms with van der Waals surface area (Å²) in [4.78, 5) is 2.36. The molecule has 0 radical (unpaired) electrons. The van der Waals surface area contributed by atoms with Crippen LogP contribution in [-0.4, -0.2) is 37.4 Å². The van der Waals surface area contributed by atoms with E-state index >= 15 is 0 Å². The molecule has 1 aliphatic rings. The van der Waals surface area contributed by atoms with Crippen LogP contribution in [-0.2, 0) is 0 Å². The molecule has 0 bridgehead atoms. The van der Waals surface area contributed by atoms with Crippen molar-refractivity contribution >= 4 is 5.69 Å². The van der Waals surface area contributed by atoms with Crippen LogP contribution in [0.2, 0.25) is 0 Å². The summed E-state index contributed by atoms with van der Waals surface area (Å²) in [5.74, 6) is 0. The predicted molar refractivity (Wildman–Crippen MR) is 80.8 cm³/mol. The first-order valence-corrected chi connectivity index (χ1v) is 7.08. The van der Waals surface area contributed by atoms with Crippen LogP contribution in [0.3, 0.4) is 0 Å². The van der Waals surface area contributed by atoms with Gasteiger partial charge in [-0.3, -0.25) is 0 Å². The molecule has 2 rings (SSSR count). The third kappa shape index (κ3) is 3.48. The third-order valence-corrected chi connectivity index (χ3v) is 3.77. The van der Waals surface area contributed by atoms with Crippen LogP contribution in [0.5, 0.6) is 0 Å². The van der Waals surface area contributed by atoms with E-state index < -0.39 is 0 Å². The van der Waals surface area contributed by atoms with E-state index in [4.69, 9.17) is 0 Å². The number of nitrogens with zero attached hydrogens (tertiary/aromatic N) is 1. The molecule has 0 spiro atoms. The van der Waals surface area contributed by atoms with Crippen LogP contribution in [0.25, 0.3) is 0 Å². The molecule has 2 N–H and O–H groups in total. The maximum absolute atomic E-state index is 9.67. The Morgan fingerprint density at radius 1 is 1.26 bits per heavy atom. The van der Waals surface area contributed by atoms with Gasteiger partial charge in [0.05, 0.1) is 12.6 Å². The van der Waals surface area contributed by atoms with Gasteiger partial charge in [-0.1, -0.05) is 19.9 Å². The largest absolute Gasteiger partial charge is 0.394 e. The molecule has 1 aromatic carbocycles. The van der Waals surface area contributed by atoms with Crippen molar-refractivity contribution in [3.63, 3.8) is 0 Å². The number of rotatable bonds is 2. The van der Waals surface area contributed by atoms with Crippen LogP contribution in [0.1, 0.15) is 25.0 Å². The highest BCUT2D eigenvalue weighted by Gasteiger charge is 2.30. The number of anilines is 1. The summed E-state index contributed by atoms with van der Waals surface area (Å²) in [6.07, 6.45) is 0. The van der Waals surface area contributed by atoms with Crippen molar-refractivity contribution in [2.24, 2.45) is 5.41 Å². The Balaban J connectivity index is 2.36. The summed E-state index contributed by atoms with van der Waals surface area (Å²) in [5, 5.41) is 13.1. The molecular formula is C16H26N2O. The first kappa shape index (κ1) is 14.4. The van der Waals surface area contributed by atoms with Crippen molar-refractivity contribution in [2.75, 3.05) is 31.1 Å². The minimum atomic E-state index is 0.156. The van der Waals surface area contributed by atoms with Crippen molar-refractivity contribution in [3.05, 3.63) is 29.3 Å². The molecule has 19 heavy (non-hydrogen) atoms. The van der Waals surface area contributed by atoms with Crippen LogP contribution >= 0.6 is 0 Å². The maximum Gasteiger partial charge on any atom is 0.0647 e. The zero-order chi connectivity index (χ0) is 14.0. The van der Waals surface area contributed by atoms with Gasteiger partial charge >= 0.3 is 0 Å². The Labute approximate surface area is 116 Å². The number of benzene rings is 1. The van der Waals surface area contributed by atoms with E-state index in [9.17, 15) is 5.11 Å². The lowest BCUT2D eigenvalue weighted by Gasteiger charge is -2.35. The van der Waals surface area contributed by atoms with Gasteiger partial charge < -0.3 is 15.3 Å². The Kier molecular flexibility index (Phi) is 4.16. The molecular weight excluding hydrogens is 236 g/mol. The van der Waals surface area contributed by atoms with Gasteiger partial charge in [-0.05, 0) is 42.5 Å². The van der Waals surface area contributed by atoms with Crippen molar-refractivity contribution in [1.29, 1.82) is 0 Å².